The maximum Gasteiger partial charge on any atom is 0.0838 e. The largest absolute Gasteiger partial charge is 0.305 e. The molecule has 0 bridgehead atoms. The molecule has 0 saturated heterocycles. The molecule has 0 fully saturated rings. The van der Waals surface area contributed by atoms with Crippen LogP contribution >= 0.6 is 45.3 Å². The van der Waals surface area contributed by atoms with E-state index < -0.39 is 0 Å². The van der Waals surface area contributed by atoms with Gasteiger partial charge in [-0.2, -0.15) is 0 Å². The molecule has 0 N–H and O–H groups in total. The zero-order valence-corrected chi connectivity index (χ0v) is 48.5. The van der Waals surface area contributed by atoms with Crippen LogP contribution in [0.5, 0.6) is 0 Å². The van der Waals surface area contributed by atoms with Crippen LogP contribution in [0.25, 0.3) is 160 Å². The Hall–Kier alpha value is -9.66. The van der Waals surface area contributed by atoms with Gasteiger partial charge in [-0.25, -0.2) is 0 Å². The van der Waals surface area contributed by atoms with Crippen LogP contribution in [-0.2, 0) is 0 Å². The quantitative estimate of drug-likeness (QED) is 0.106. The predicted molar refractivity (Wildman–Crippen MR) is 366 cm³/mol. The molecule has 6 heteroatoms. The lowest BCUT2D eigenvalue weighted by atomic mass is 9.94. The molecule has 0 amide bonds. The molecular weight excluding hydrogens is 1090 g/mol. The van der Waals surface area contributed by atoms with Gasteiger partial charge in [0, 0.05) is 0 Å². The van der Waals surface area contributed by atoms with Gasteiger partial charge in [-0.05, 0) is 138 Å². The summed E-state index contributed by atoms with van der Waals surface area (Å²) in [5.74, 6) is 0. The van der Waals surface area contributed by atoms with Crippen molar-refractivity contribution < 1.29 is 0 Å². The summed E-state index contributed by atoms with van der Waals surface area (Å²) in [6.07, 6.45) is 0. The van der Waals surface area contributed by atoms with Crippen molar-refractivity contribution >= 4 is 116 Å². The molecule has 394 valence electrons. The van der Waals surface area contributed by atoms with Crippen LogP contribution in [0.3, 0.4) is 0 Å². The normalized spacial score (nSPS) is 11.8. The van der Waals surface area contributed by atoms with Crippen molar-refractivity contribution in [2.24, 2.45) is 0 Å². The van der Waals surface area contributed by atoms with Crippen LogP contribution in [0.4, 0.5) is 0 Å². The van der Waals surface area contributed by atoms with Crippen molar-refractivity contribution in [2.45, 2.75) is 0 Å². The van der Waals surface area contributed by atoms with Crippen LogP contribution in [0, 0.1) is 0 Å². The fourth-order valence-corrected chi connectivity index (χ4v) is 18.0. The van der Waals surface area contributed by atoms with E-state index in [4.69, 9.17) is 0 Å². The topological polar surface area (TPSA) is 8.82 Å². The third-order valence-electron chi connectivity index (χ3n) is 16.7. The highest BCUT2D eigenvalue weighted by Gasteiger charge is 2.24. The fraction of sp³-hybridized carbons (Fsp3) is 0. The van der Waals surface area contributed by atoms with Gasteiger partial charge < -0.3 is 8.80 Å². The Morgan fingerprint density at radius 1 is 0.179 bits per heavy atom. The number of hydrogen-bond donors (Lipinski definition) is 0. The second kappa shape index (κ2) is 20.1. The summed E-state index contributed by atoms with van der Waals surface area (Å²) in [4.78, 5) is 0. The molecule has 84 heavy (non-hydrogen) atoms. The standard InChI is InChI=1S/C78H48N2S4/c1-5-21-49(22-6-1)57-29-13-17-33-61(57)53-37-41-65-69(45-53)81-75-73-77(83-70-46-54(38-42-66(70)79(65)73)62-34-18-14-30-58(62)50-23-7-2-8-24-50)78-74-76(75)82-71-47-55(63-35-19-15-31-59(63)51-25-9-3-10-26-51)39-43-67(71)80(74)68-44-40-56(48-72(68)84-78)64-36-20-16-32-60(64)52-27-11-4-12-28-52/h1-48H. The zero-order chi connectivity index (χ0) is 55.2. The number of hydrogen-bond acceptors (Lipinski definition) is 4. The van der Waals surface area contributed by atoms with E-state index in [2.05, 4.69) is 300 Å². The molecule has 17 aromatic rings. The highest BCUT2D eigenvalue weighted by molar-refractivity contribution is 7.36. The van der Waals surface area contributed by atoms with Crippen LogP contribution in [0.2, 0.25) is 0 Å². The highest BCUT2D eigenvalue weighted by atomic mass is 32.1. The molecule has 0 aliphatic carbocycles. The Morgan fingerprint density at radius 3 is 0.583 bits per heavy atom. The van der Waals surface area contributed by atoms with E-state index in [0.29, 0.717) is 0 Å². The monoisotopic (exact) mass is 1140 g/mol. The molecule has 2 nitrogen and oxygen atoms in total. The molecule has 0 aliphatic heterocycles. The fourth-order valence-electron chi connectivity index (χ4n) is 12.8. The summed E-state index contributed by atoms with van der Waals surface area (Å²) in [6.45, 7) is 0. The molecule has 4 heterocycles. The molecule has 0 saturated carbocycles. The Morgan fingerprint density at radius 2 is 0.369 bits per heavy atom. The summed E-state index contributed by atoms with van der Waals surface area (Å²) in [5, 5.41) is 0. The molecule has 0 radical (unpaired) electrons. The van der Waals surface area contributed by atoms with Gasteiger partial charge in [-0.1, -0.05) is 243 Å². The van der Waals surface area contributed by atoms with E-state index >= 15 is 0 Å². The van der Waals surface area contributed by atoms with E-state index in [9.17, 15) is 0 Å². The van der Waals surface area contributed by atoms with Gasteiger partial charge in [0.1, 0.15) is 0 Å². The molecule has 17 rings (SSSR count). The third-order valence-corrected chi connectivity index (χ3v) is 21.5. The molecular formula is C78H48N2S4. The number of rotatable bonds is 8. The Kier molecular flexibility index (Phi) is 11.7. The van der Waals surface area contributed by atoms with Gasteiger partial charge >= 0.3 is 0 Å². The maximum absolute atomic E-state index is 2.62. The Labute approximate surface area is 501 Å². The first kappa shape index (κ1) is 49.0. The van der Waals surface area contributed by atoms with Crippen molar-refractivity contribution in [1.82, 2.24) is 8.80 Å². The summed E-state index contributed by atoms with van der Waals surface area (Å²) >= 11 is 7.75. The first-order chi connectivity index (χ1) is 41.7. The van der Waals surface area contributed by atoms with Crippen molar-refractivity contribution in [3.05, 3.63) is 291 Å². The SMILES string of the molecule is c1ccc(-c2ccccc2-c2ccc3c(c2)sc2c4sc5cc(-c6ccccc6-c6ccccc6)ccc5n5c6ccc(-c7ccccc7-c7ccccc7)cc6sc(c6sc7cc(-c8ccccc8-c8ccccc8)ccc7n3c26)c45)cc1. The van der Waals surface area contributed by atoms with Crippen molar-refractivity contribution in [1.29, 1.82) is 0 Å². The van der Waals surface area contributed by atoms with E-state index in [-0.39, 0.29) is 0 Å². The average Bonchev–Trinajstić information content (AvgIpc) is 0.792. The van der Waals surface area contributed by atoms with E-state index in [1.807, 2.05) is 45.3 Å². The number of aromatic nitrogens is 2. The lowest BCUT2D eigenvalue weighted by Gasteiger charge is -2.21. The van der Waals surface area contributed by atoms with Crippen molar-refractivity contribution in [3.8, 4) is 89.0 Å². The Bertz CT molecular complexity index is 4810. The van der Waals surface area contributed by atoms with Gasteiger partial charge in [0.2, 0.25) is 0 Å². The summed E-state index contributed by atoms with van der Waals surface area (Å²) in [5.41, 5.74) is 26.7. The smallest absolute Gasteiger partial charge is 0.0838 e. The van der Waals surface area contributed by atoms with Gasteiger partial charge in [-0.15, -0.1) is 45.3 Å². The second-order valence-electron chi connectivity index (χ2n) is 21.5. The van der Waals surface area contributed by atoms with Crippen LogP contribution in [0.1, 0.15) is 0 Å². The summed E-state index contributed by atoms with van der Waals surface area (Å²) < 4.78 is 15.3. The van der Waals surface area contributed by atoms with Crippen LogP contribution in [0.15, 0.2) is 291 Å². The minimum Gasteiger partial charge on any atom is -0.305 e. The first-order valence-corrected chi connectivity index (χ1v) is 31.6. The molecule has 4 aromatic heterocycles. The predicted octanol–water partition coefficient (Wildman–Crippen LogP) is 23.8. The molecule has 13 aromatic carbocycles. The number of fused-ring (bicyclic) bond motifs is 10. The number of nitrogens with zero attached hydrogens (tertiary/aromatic N) is 2. The van der Waals surface area contributed by atoms with Crippen LogP contribution < -0.4 is 0 Å². The van der Waals surface area contributed by atoms with E-state index in [1.165, 1.54) is 160 Å². The molecule has 0 atom stereocenters. The first-order valence-electron chi connectivity index (χ1n) is 28.4. The number of benzene rings is 13. The molecule has 0 spiro atoms. The molecule has 0 aliphatic rings. The van der Waals surface area contributed by atoms with Crippen molar-refractivity contribution in [2.75, 3.05) is 0 Å². The molecule has 0 unspecified atom stereocenters. The average molecular weight is 1140 g/mol. The lowest BCUT2D eigenvalue weighted by molar-refractivity contribution is 1.33. The minimum atomic E-state index is 1.19. The van der Waals surface area contributed by atoms with Crippen LogP contribution in [-0.4, -0.2) is 8.80 Å². The van der Waals surface area contributed by atoms with Gasteiger partial charge in [0.15, 0.2) is 0 Å². The van der Waals surface area contributed by atoms with Gasteiger partial charge in [0.05, 0.1) is 70.7 Å². The van der Waals surface area contributed by atoms with Gasteiger partial charge in [-0.3, -0.25) is 0 Å². The van der Waals surface area contributed by atoms with E-state index in [0.717, 1.165) is 0 Å². The lowest BCUT2D eigenvalue weighted by Crippen LogP contribution is -2.00. The summed E-state index contributed by atoms with van der Waals surface area (Å²) in [7, 11) is 0. The Balaban J connectivity index is 1.01. The highest BCUT2D eigenvalue weighted by Crippen LogP contribution is 2.51. The van der Waals surface area contributed by atoms with E-state index in [1.54, 1.807) is 0 Å². The maximum atomic E-state index is 2.62. The zero-order valence-electron chi connectivity index (χ0n) is 45.2. The van der Waals surface area contributed by atoms with Gasteiger partial charge in [0.25, 0.3) is 0 Å². The second-order valence-corrected chi connectivity index (χ2v) is 25.7. The minimum absolute atomic E-state index is 1.19. The summed E-state index contributed by atoms with van der Waals surface area (Å²) in [6, 6.07) is 108. The third kappa shape index (κ3) is 8.01. The van der Waals surface area contributed by atoms with Crippen molar-refractivity contribution in [3.63, 3.8) is 0 Å².